The van der Waals surface area contributed by atoms with Crippen molar-refractivity contribution in [3.8, 4) is 17.2 Å². The molecule has 7 nitrogen and oxygen atoms in total. The number of amides is 1. The average molecular weight is 354 g/mol. The lowest BCUT2D eigenvalue weighted by molar-refractivity contribution is -0.145. The fraction of sp³-hybridized carbons (Fsp3) is 0.316. The van der Waals surface area contributed by atoms with E-state index >= 15 is 0 Å². The van der Waals surface area contributed by atoms with E-state index < -0.39 is 0 Å². The molecule has 26 heavy (non-hydrogen) atoms. The predicted molar refractivity (Wildman–Crippen MR) is 91.4 cm³/mol. The van der Waals surface area contributed by atoms with Crippen molar-refractivity contribution in [1.29, 1.82) is 0 Å². The second-order valence-electron chi connectivity index (χ2n) is 6.14. The van der Waals surface area contributed by atoms with Crippen LogP contribution in [0.3, 0.4) is 0 Å². The van der Waals surface area contributed by atoms with E-state index in [1.165, 1.54) is 6.20 Å². The molecule has 1 aromatic carbocycles. The third-order valence-electron chi connectivity index (χ3n) is 4.54. The number of carbonyl (C=O) groups excluding carboxylic acids is 2. The highest BCUT2D eigenvalue weighted by Crippen LogP contribution is 2.59. The van der Waals surface area contributed by atoms with Crippen LogP contribution in [0.1, 0.15) is 28.9 Å². The minimum atomic E-state index is -0.282. The van der Waals surface area contributed by atoms with E-state index in [4.69, 9.17) is 14.2 Å². The van der Waals surface area contributed by atoms with Crippen molar-refractivity contribution in [2.45, 2.75) is 18.9 Å². The molecular weight excluding hydrogens is 336 g/mol. The Bertz CT molecular complexity index is 882. The molecule has 1 unspecified atom stereocenters. The number of benzene rings is 1. The largest absolute Gasteiger partial charge is 0.489 e. The Hall–Kier alpha value is -3.09. The summed E-state index contributed by atoms with van der Waals surface area (Å²) in [6, 6.07) is 8.75. The Kier molecular flexibility index (Phi) is 3.99. The van der Waals surface area contributed by atoms with Gasteiger partial charge in [-0.25, -0.2) is 0 Å². The van der Waals surface area contributed by atoms with Crippen molar-refractivity contribution in [1.82, 2.24) is 10.3 Å². The lowest BCUT2D eigenvalue weighted by atomic mass is 10.1. The topological polar surface area (TPSA) is 86.8 Å². The zero-order valence-electron chi connectivity index (χ0n) is 14.4. The fourth-order valence-electron chi connectivity index (χ4n) is 3.29. The molecule has 1 amide bonds. The maximum absolute atomic E-state index is 12.0. The number of carbonyl (C=O) groups is 2. The van der Waals surface area contributed by atoms with Crippen molar-refractivity contribution in [2.24, 2.45) is 5.92 Å². The standard InChI is InChI=1S/C19H18N2O5/c1-3-24-19(23)16-15-12-8-10(4-5-14(12)26-17(15)16)25-11-6-7-21-13(9-11)18(22)20-2/h4-9,15-17H,3H2,1-2H3,(H,20,22)/t15-,16-,17?/m0/s1. The monoisotopic (exact) mass is 354 g/mol. The predicted octanol–water partition coefficient (Wildman–Crippen LogP) is 2.27. The quantitative estimate of drug-likeness (QED) is 0.829. The molecule has 1 N–H and O–H groups in total. The summed E-state index contributed by atoms with van der Waals surface area (Å²) in [7, 11) is 1.55. The van der Waals surface area contributed by atoms with Gasteiger partial charge in [0, 0.05) is 30.8 Å². The summed E-state index contributed by atoms with van der Waals surface area (Å²) in [6.07, 6.45) is 1.38. The molecule has 1 saturated carbocycles. The number of fused-ring (bicyclic) bond motifs is 3. The SMILES string of the molecule is CCOC(=O)[C@@H]1C2Oc3ccc(Oc4ccnc(C(=O)NC)c4)cc3[C@H]21. The Morgan fingerprint density at radius 2 is 2.04 bits per heavy atom. The number of esters is 1. The molecule has 2 aromatic rings. The van der Waals surface area contributed by atoms with Crippen LogP contribution >= 0.6 is 0 Å². The van der Waals surface area contributed by atoms with Gasteiger partial charge in [0.1, 0.15) is 35.0 Å². The van der Waals surface area contributed by atoms with Crippen molar-refractivity contribution < 1.29 is 23.8 Å². The van der Waals surface area contributed by atoms with Gasteiger partial charge in [-0.1, -0.05) is 0 Å². The Morgan fingerprint density at radius 1 is 1.23 bits per heavy atom. The van der Waals surface area contributed by atoms with Gasteiger partial charge in [0.05, 0.1) is 6.61 Å². The highest BCUT2D eigenvalue weighted by molar-refractivity contribution is 5.92. The molecule has 7 heteroatoms. The Labute approximate surface area is 150 Å². The van der Waals surface area contributed by atoms with Gasteiger partial charge >= 0.3 is 5.97 Å². The van der Waals surface area contributed by atoms with E-state index in [1.807, 2.05) is 12.1 Å². The molecule has 0 spiro atoms. The summed E-state index contributed by atoms with van der Waals surface area (Å²) in [5.41, 5.74) is 1.23. The Balaban J connectivity index is 1.53. The third kappa shape index (κ3) is 2.75. The molecule has 1 aliphatic carbocycles. The van der Waals surface area contributed by atoms with E-state index in [2.05, 4.69) is 10.3 Å². The molecule has 1 aliphatic heterocycles. The lowest BCUT2D eigenvalue weighted by Gasteiger charge is -2.11. The first kappa shape index (κ1) is 16.4. The zero-order chi connectivity index (χ0) is 18.3. The first-order chi connectivity index (χ1) is 12.6. The molecule has 1 fully saturated rings. The van der Waals surface area contributed by atoms with Gasteiger partial charge in [-0.3, -0.25) is 14.6 Å². The smallest absolute Gasteiger partial charge is 0.313 e. The van der Waals surface area contributed by atoms with Crippen LogP contribution in [0.5, 0.6) is 17.2 Å². The fourth-order valence-corrected chi connectivity index (χ4v) is 3.29. The van der Waals surface area contributed by atoms with Crippen LogP contribution in [0.15, 0.2) is 36.5 Å². The summed E-state index contributed by atoms with van der Waals surface area (Å²) in [5.74, 6) is 1.17. The summed E-state index contributed by atoms with van der Waals surface area (Å²) in [5, 5.41) is 2.53. The second kappa shape index (κ2) is 6.33. The molecule has 1 aromatic heterocycles. The number of pyridine rings is 1. The van der Waals surface area contributed by atoms with Gasteiger partial charge in [-0.05, 0) is 31.2 Å². The van der Waals surface area contributed by atoms with Crippen LogP contribution in [0, 0.1) is 5.92 Å². The molecule has 2 aliphatic rings. The summed E-state index contributed by atoms with van der Waals surface area (Å²) < 4.78 is 16.8. The van der Waals surface area contributed by atoms with E-state index in [0.717, 1.165) is 11.3 Å². The maximum Gasteiger partial charge on any atom is 0.313 e. The van der Waals surface area contributed by atoms with Crippen LogP contribution in [0.4, 0.5) is 0 Å². The van der Waals surface area contributed by atoms with E-state index in [0.29, 0.717) is 18.1 Å². The molecule has 4 rings (SSSR count). The molecule has 3 atom stereocenters. The number of aromatic nitrogens is 1. The van der Waals surface area contributed by atoms with Gasteiger partial charge in [0.25, 0.3) is 5.91 Å². The number of nitrogens with one attached hydrogen (secondary N) is 1. The number of rotatable bonds is 5. The van der Waals surface area contributed by atoms with E-state index in [-0.39, 0.29) is 35.5 Å². The van der Waals surface area contributed by atoms with Gasteiger partial charge in [0.2, 0.25) is 0 Å². The van der Waals surface area contributed by atoms with Crippen LogP contribution in [0.2, 0.25) is 0 Å². The summed E-state index contributed by atoms with van der Waals surface area (Å²) in [6.45, 7) is 2.15. The normalized spacial score (nSPS) is 21.8. The third-order valence-corrected chi connectivity index (χ3v) is 4.54. The minimum Gasteiger partial charge on any atom is -0.489 e. The van der Waals surface area contributed by atoms with E-state index in [9.17, 15) is 9.59 Å². The molecule has 0 saturated heterocycles. The lowest BCUT2D eigenvalue weighted by Crippen LogP contribution is -2.18. The first-order valence-corrected chi connectivity index (χ1v) is 8.45. The minimum absolute atomic E-state index is 0.0199. The number of ether oxygens (including phenoxy) is 3. The van der Waals surface area contributed by atoms with Crippen LogP contribution < -0.4 is 14.8 Å². The van der Waals surface area contributed by atoms with Gasteiger partial charge in [-0.2, -0.15) is 0 Å². The van der Waals surface area contributed by atoms with E-state index in [1.54, 1.807) is 32.2 Å². The van der Waals surface area contributed by atoms with Crippen molar-refractivity contribution in [3.63, 3.8) is 0 Å². The summed E-state index contributed by atoms with van der Waals surface area (Å²) in [4.78, 5) is 27.7. The molecule has 0 radical (unpaired) electrons. The number of nitrogens with zero attached hydrogens (tertiary/aromatic N) is 1. The van der Waals surface area contributed by atoms with Crippen LogP contribution in [-0.4, -0.2) is 36.6 Å². The van der Waals surface area contributed by atoms with Crippen molar-refractivity contribution >= 4 is 11.9 Å². The Morgan fingerprint density at radius 3 is 2.81 bits per heavy atom. The second-order valence-corrected chi connectivity index (χ2v) is 6.14. The molecule has 2 heterocycles. The van der Waals surface area contributed by atoms with Crippen molar-refractivity contribution in [2.75, 3.05) is 13.7 Å². The van der Waals surface area contributed by atoms with Gasteiger partial charge in [0.15, 0.2) is 0 Å². The highest BCUT2D eigenvalue weighted by Gasteiger charge is 2.63. The first-order valence-electron chi connectivity index (χ1n) is 8.45. The number of hydrogen-bond acceptors (Lipinski definition) is 6. The van der Waals surface area contributed by atoms with Crippen LogP contribution in [-0.2, 0) is 9.53 Å². The van der Waals surface area contributed by atoms with Gasteiger partial charge < -0.3 is 19.5 Å². The average Bonchev–Trinajstić information content (AvgIpc) is 3.25. The highest BCUT2D eigenvalue weighted by atomic mass is 16.5. The molecular formula is C19H18N2O5. The van der Waals surface area contributed by atoms with Crippen LogP contribution in [0.25, 0.3) is 0 Å². The van der Waals surface area contributed by atoms with Crippen molar-refractivity contribution in [3.05, 3.63) is 47.8 Å². The number of hydrogen-bond donors (Lipinski definition) is 1. The van der Waals surface area contributed by atoms with Gasteiger partial charge in [-0.15, -0.1) is 0 Å². The zero-order valence-corrected chi connectivity index (χ0v) is 14.4. The maximum atomic E-state index is 12.0. The molecule has 0 bridgehead atoms. The summed E-state index contributed by atoms with van der Waals surface area (Å²) >= 11 is 0. The molecule has 134 valence electrons.